The lowest BCUT2D eigenvalue weighted by atomic mass is 9.86. The minimum Gasteiger partial charge on any atom is -0.309 e. The average molecular weight is 441 g/mol. The second-order valence-electron chi connectivity index (χ2n) is 7.54. The van der Waals surface area contributed by atoms with Crippen molar-refractivity contribution in [1.82, 2.24) is 9.97 Å². The molecule has 162 valence electrons. The number of anilines is 1. The van der Waals surface area contributed by atoms with E-state index in [9.17, 15) is 26.4 Å². The standard InChI is InChI=1S/C20H22F3N3O3S/c1-30(28,29)17-7-6-14(11-16(17)20(21,22)23)15(10-13-4-2-3-5-13)19(27)26-18-12-24-8-9-25-18/h6-9,11-13,15H,2-5,10H2,1H3,(H,25,26,27). The molecular formula is C20H22F3N3O3S. The van der Waals surface area contributed by atoms with Gasteiger partial charge in [0, 0.05) is 18.6 Å². The Kier molecular flexibility index (Phi) is 6.44. The summed E-state index contributed by atoms with van der Waals surface area (Å²) >= 11 is 0. The summed E-state index contributed by atoms with van der Waals surface area (Å²) in [7, 11) is -4.09. The molecular weight excluding hydrogens is 419 g/mol. The van der Waals surface area contributed by atoms with E-state index in [1.54, 1.807) is 0 Å². The van der Waals surface area contributed by atoms with E-state index in [0.29, 0.717) is 6.42 Å². The molecule has 1 saturated carbocycles. The predicted molar refractivity (Wildman–Crippen MR) is 105 cm³/mol. The Labute approximate surface area is 172 Å². The SMILES string of the molecule is CS(=O)(=O)c1ccc(C(CC2CCCC2)C(=O)Nc2cnccn2)cc1C(F)(F)F. The molecule has 0 radical (unpaired) electrons. The van der Waals surface area contributed by atoms with E-state index < -0.39 is 38.3 Å². The molecule has 2 aromatic rings. The van der Waals surface area contributed by atoms with Gasteiger partial charge in [0.25, 0.3) is 0 Å². The van der Waals surface area contributed by atoms with E-state index in [2.05, 4.69) is 15.3 Å². The molecule has 1 heterocycles. The first kappa shape index (κ1) is 22.2. The highest BCUT2D eigenvalue weighted by Crippen LogP contribution is 2.39. The van der Waals surface area contributed by atoms with Crippen LogP contribution in [0.5, 0.6) is 0 Å². The Morgan fingerprint density at radius 1 is 1.23 bits per heavy atom. The third-order valence-electron chi connectivity index (χ3n) is 5.29. The summed E-state index contributed by atoms with van der Waals surface area (Å²) in [6, 6.07) is 3.01. The molecule has 0 aliphatic heterocycles. The molecule has 0 saturated heterocycles. The summed E-state index contributed by atoms with van der Waals surface area (Å²) in [5.74, 6) is -0.957. The minimum absolute atomic E-state index is 0.128. The van der Waals surface area contributed by atoms with Gasteiger partial charge in [-0.1, -0.05) is 31.7 Å². The van der Waals surface area contributed by atoms with Crippen molar-refractivity contribution in [2.45, 2.75) is 49.1 Å². The van der Waals surface area contributed by atoms with Crippen molar-refractivity contribution >= 4 is 21.6 Å². The molecule has 1 atom stereocenters. The lowest BCUT2D eigenvalue weighted by Gasteiger charge is -2.22. The van der Waals surface area contributed by atoms with Gasteiger partial charge in [0.2, 0.25) is 5.91 Å². The van der Waals surface area contributed by atoms with Crippen LogP contribution in [-0.4, -0.2) is 30.5 Å². The zero-order chi connectivity index (χ0) is 21.9. The largest absolute Gasteiger partial charge is 0.417 e. The molecule has 1 fully saturated rings. The number of hydrogen-bond donors (Lipinski definition) is 1. The molecule has 6 nitrogen and oxygen atoms in total. The first-order valence-corrected chi connectivity index (χ1v) is 11.4. The molecule has 1 amide bonds. The molecule has 1 N–H and O–H groups in total. The van der Waals surface area contributed by atoms with Gasteiger partial charge in [-0.3, -0.25) is 9.78 Å². The molecule has 0 bridgehead atoms. The van der Waals surface area contributed by atoms with Crippen molar-refractivity contribution in [2.24, 2.45) is 5.92 Å². The number of amides is 1. The third-order valence-corrected chi connectivity index (χ3v) is 6.44. The van der Waals surface area contributed by atoms with Crippen LogP contribution < -0.4 is 5.32 Å². The summed E-state index contributed by atoms with van der Waals surface area (Å²) in [5, 5.41) is 2.61. The van der Waals surface area contributed by atoms with Crippen LogP contribution in [0.2, 0.25) is 0 Å². The normalized spacial score (nSPS) is 16.4. The van der Waals surface area contributed by atoms with Crippen molar-refractivity contribution in [2.75, 3.05) is 11.6 Å². The third kappa shape index (κ3) is 5.35. The number of halogens is 3. The number of nitrogens with one attached hydrogen (secondary N) is 1. The van der Waals surface area contributed by atoms with Crippen molar-refractivity contribution < 1.29 is 26.4 Å². The Hall–Kier alpha value is -2.49. The highest BCUT2D eigenvalue weighted by atomic mass is 32.2. The molecule has 1 unspecified atom stereocenters. The zero-order valence-electron chi connectivity index (χ0n) is 16.3. The van der Waals surface area contributed by atoms with Crippen LogP contribution in [0.1, 0.15) is 49.1 Å². The number of rotatable bonds is 6. The van der Waals surface area contributed by atoms with Gasteiger partial charge in [-0.15, -0.1) is 0 Å². The Morgan fingerprint density at radius 3 is 2.50 bits per heavy atom. The molecule has 1 aliphatic rings. The monoisotopic (exact) mass is 441 g/mol. The van der Waals surface area contributed by atoms with Crippen LogP contribution in [0.3, 0.4) is 0 Å². The first-order chi connectivity index (χ1) is 14.1. The first-order valence-electron chi connectivity index (χ1n) is 9.54. The summed E-state index contributed by atoms with van der Waals surface area (Å²) in [4.78, 5) is 20.0. The predicted octanol–water partition coefficient (Wildman–Crippen LogP) is 4.20. The van der Waals surface area contributed by atoms with Crippen molar-refractivity contribution in [3.05, 3.63) is 47.9 Å². The van der Waals surface area contributed by atoms with Gasteiger partial charge >= 0.3 is 6.18 Å². The number of nitrogens with zero attached hydrogens (tertiary/aromatic N) is 2. The maximum atomic E-state index is 13.6. The number of aromatic nitrogens is 2. The highest BCUT2D eigenvalue weighted by Gasteiger charge is 2.38. The van der Waals surface area contributed by atoms with Crippen LogP contribution in [-0.2, 0) is 20.8 Å². The van der Waals surface area contributed by atoms with E-state index in [0.717, 1.165) is 44.1 Å². The zero-order valence-corrected chi connectivity index (χ0v) is 17.1. The van der Waals surface area contributed by atoms with Crippen molar-refractivity contribution in [1.29, 1.82) is 0 Å². The lowest BCUT2D eigenvalue weighted by Crippen LogP contribution is -2.24. The Balaban J connectivity index is 2.00. The summed E-state index contributed by atoms with van der Waals surface area (Å²) in [6.45, 7) is 0. The van der Waals surface area contributed by atoms with Crippen LogP contribution >= 0.6 is 0 Å². The van der Waals surface area contributed by atoms with E-state index in [1.807, 2.05) is 0 Å². The quantitative estimate of drug-likeness (QED) is 0.726. The van der Waals surface area contributed by atoms with Gasteiger partial charge < -0.3 is 5.32 Å². The van der Waals surface area contributed by atoms with Gasteiger partial charge in [-0.25, -0.2) is 13.4 Å². The summed E-state index contributed by atoms with van der Waals surface area (Å²) in [5.41, 5.74) is -1.13. The molecule has 1 aliphatic carbocycles. The summed E-state index contributed by atoms with van der Waals surface area (Å²) in [6.07, 6.45) is 4.26. The fraction of sp³-hybridized carbons (Fsp3) is 0.450. The van der Waals surface area contributed by atoms with Gasteiger partial charge in [0.05, 0.1) is 22.6 Å². The molecule has 3 rings (SSSR count). The van der Waals surface area contributed by atoms with Crippen LogP contribution in [0, 0.1) is 5.92 Å². The number of carbonyl (C=O) groups excluding carboxylic acids is 1. The number of sulfone groups is 1. The fourth-order valence-corrected chi connectivity index (χ4v) is 4.75. The Bertz CT molecular complexity index is 1000. The topological polar surface area (TPSA) is 89.0 Å². The maximum Gasteiger partial charge on any atom is 0.417 e. The Morgan fingerprint density at radius 2 is 1.93 bits per heavy atom. The van der Waals surface area contributed by atoms with E-state index in [4.69, 9.17) is 0 Å². The lowest BCUT2D eigenvalue weighted by molar-refractivity contribution is -0.140. The molecule has 1 aromatic heterocycles. The second-order valence-corrected chi connectivity index (χ2v) is 9.53. The summed E-state index contributed by atoms with van der Waals surface area (Å²) < 4.78 is 64.5. The molecule has 0 spiro atoms. The smallest absolute Gasteiger partial charge is 0.309 e. The van der Waals surface area contributed by atoms with Gasteiger partial charge in [-0.05, 0) is 30.0 Å². The van der Waals surface area contributed by atoms with Crippen molar-refractivity contribution in [3.63, 3.8) is 0 Å². The van der Waals surface area contributed by atoms with Crippen LogP contribution in [0.4, 0.5) is 19.0 Å². The molecule has 30 heavy (non-hydrogen) atoms. The average Bonchev–Trinajstić information content (AvgIpc) is 3.18. The minimum atomic E-state index is -4.87. The maximum absolute atomic E-state index is 13.6. The van der Waals surface area contributed by atoms with E-state index in [1.165, 1.54) is 24.7 Å². The number of benzene rings is 1. The van der Waals surface area contributed by atoms with Crippen molar-refractivity contribution in [3.8, 4) is 0 Å². The molecule has 1 aromatic carbocycles. The fourth-order valence-electron chi connectivity index (χ4n) is 3.86. The molecule has 10 heteroatoms. The van der Waals surface area contributed by atoms with Crippen LogP contribution in [0.15, 0.2) is 41.7 Å². The van der Waals surface area contributed by atoms with Gasteiger partial charge in [0.1, 0.15) is 0 Å². The number of alkyl halides is 3. The second kappa shape index (κ2) is 8.71. The van der Waals surface area contributed by atoms with E-state index in [-0.39, 0.29) is 17.3 Å². The van der Waals surface area contributed by atoms with Crippen LogP contribution in [0.25, 0.3) is 0 Å². The number of carbonyl (C=O) groups is 1. The number of hydrogen-bond acceptors (Lipinski definition) is 5. The highest BCUT2D eigenvalue weighted by molar-refractivity contribution is 7.90. The van der Waals surface area contributed by atoms with Gasteiger partial charge in [0.15, 0.2) is 15.7 Å². The van der Waals surface area contributed by atoms with Gasteiger partial charge in [-0.2, -0.15) is 13.2 Å². The van der Waals surface area contributed by atoms with E-state index >= 15 is 0 Å².